The minimum absolute atomic E-state index is 0.0366. The molecule has 2 rings (SSSR count). The van der Waals surface area contributed by atoms with Crippen molar-refractivity contribution in [3.63, 3.8) is 0 Å². The maximum Gasteiger partial charge on any atom is 0.293 e. The second-order valence-electron chi connectivity index (χ2n) is 8.69. The molecule has 7 nitrogen and oxygen atoms in total. The van der Waals surface area contributed by atoms with Gasteiger partial charge in [-0.25, -0.2) is 0 Å². The lowest BCUT2D eigenvalue weighted by Crippen LogP contribution is -2.49. The maximum atomic E-state index is 12.2. The number of likely N-dealkylation sites (N-methyl/N-ethyl adjacent to an activating group) is 1. The zero-order valence-electron chi connectivity index (χ0n) is 20.9. The SMILES string of the molecule is CCCOC=O.CNC(C(=O)N1CCCC1)C(C)SC(C)C.O=CNCC1CCCCC1. The molecule has 2 aliphatic rings. The van der Waals surface area contributed by atoms with E-state index < -0.39 is 0 Å². The van der Waals surface area contributed by atoms with Crippen molar-refractivity contribution in [1.82, 2.24) is 15.5 Å². The van der Waals surface area contributed by atoms with E-state index in [9.17, 15) is 14.4 Å². The van der Waals surface area contributed by atoms with Gasteiger partial charge in [0.05, 0.1) is 12.6 Å². The van der Waals surface area contributed by atoms with Crippen molar-refractivity contribution in [3.05, 3.63) is 0 Å². The number of nitrogens with zero attached hydrogens (tertiary/aromatic N) is 1. The molecule has 0 spiro atoms. The van der Waals surface area contributed by atoms with Gasteiger partial charge in [0.25, 0.3) is 6.47 Å². The predicted octanol–water partition coefficient (Wildman–Crippen LogP) is 3.61. The third-order valence-corrected chi connectivity index (χ3v) is 6.80. The summed E-state index contributed by atoms with van der Waals surface area (Å²) in [5.41, 5.74) is 0. The Balaban J connectivity index is 0.000000511. The third kappa shape index (κ3) is 14.7. The molecule has 2 N–H and O–H groups in total. The molecule has 8 heteroatoms. The molecular formula is C24H47N3O4S. The summed E-state index contributed by atoms with van der Waals surface area (Å²) < 4.78 is 4.30. The van der Waals surface area contributed by atoms with Gasteiger partial charge in [0.1, 0.15) is 0 Å². The first-order chi connectivity index (χ1) is 15.4. The van der Waals surface area contributed by atoms with Crippen LogP contribution in [0.4, 0.5) is 0 Å². The molecular weight excluding hydrogens is 426 g/mol. The zero-order valence-corrected chi connectivity index (χ0v) is 21.8. The quantitative estimate of drug-likeness (QED) is 0.352. The Morgan fingerprint density at radius 1 is 1.09 bits per heavy atom. The number of carbonyl (C=O) groups is 3. The van der Waals surface area contributed by atoms with Crippen molar-refractivity contribution < 1.29 is 19.1 Å². The second-order valence-corrected chi connectivity index (χ2v) is 10.6. The minimum Gasteiger partial charge on any atom is -0.468 e. The van der Waals surface area contributed by atoms with Crippen LogP contribution in [0.3, 0.4) is 0 Å². The lowest BCUT2D eigenvalue weighted by molar-refractivity contribution is -0.132. The van der Waals surface area contributed by atoms with Crippen molar-refractivity contribution in [2.24, 2.45) is 5.92 Å². The monoisotopic (exact) mass is 473 g/mol. The summed E-state index contributed by atoms with van der Waals surface area (Å²) >= 11 is 1.86. The Kier molecular flexibility index (Phi) is 19.5. The molecule has 0 bridgehead atoms. The van der Waals surface area contributed by atoms with Gasteiger partial charge in [0.2, 0.25) is 12.3 Å². The molecule has 1 aliphatic heterocycles. The first-order valence-electron chi connectivity index (χ1n) is 12.2. The Morgan fingerprint density at radius 3 is 2.16 bits per heavy atom. The second kappa shape index (κ2) is 20.3. The fraction of sp³-hybridized carbons (Fsp3) is 0.875. The van der Waals surface area contributed by atoms with Gasteiger partial charge in [0.15, 0.2) is 0 Å². The van der Waals surface area contributed by atoms with E-state index in [0.717, 1.165) is 51.2 Å². The molecule has 32 heavy (non-hydrogen) atoms. The highest BCUT2D eigenvalue weighted by Crippen LogP contribution is 2.23. The highest BCUT2D eigenvalue weighted by molar-refractivity contribution is 8.00. The maximum absolute atomic E-state index is 12.2. The van der Waals surface area contributed by atoms with Crippen LogP contribution in [0.2, 0.25) is 0 Å². The highest BCUT2D eigenvalue weighted by atomic mass is 32.2. The molecule has 1 saturated carbocycles. The number of ether oxygens (including phenoxy) is 1. The number of nitrogens with one attached hydrogen (secondary N) is 2. The van der Waals surface area contributed by atoms with E-state index in [0.29, 0.717) is 23.6 Å². The van der Waals surface area contributed by atoms with Crippen molar-refractivity contribution >= 4 is 30.6 Å². The summed E-state index contributed by atoms with van der Waals surface area (Å²) in [6.07, 6.45) is 10.7. The van der Waals surface area contributed by atoms with Crippen molar-refractivity contribution in [3.8, 4) is 0 Å². The number of carbonyl (C=O) groups excluding carboxylic acids is 3. The summed E-state index contributed by atoms with van der Waals surface area (Å²) in [7, 11) is 1.88. The molecule has 0 aromatic rings. The van der Waals surface area contributed by atoms with Crippen molar-refractivity contribution in [2.45, 2.75) is 95.6 Å². The van der Waals surface area contributed by atoms with Gasteiger partial charge in [-0.2, -0.15) is 11.8 Å². The average molecular weight is 474 g/mol. The predicted molar refractivity (Wildman–Crippen MR) is 134 cm³/mol. The Bertz CT molecular complexity index is 482. The summed E-state index contributed by atoms with van der Waals surface area (Å²) in [4.78, 5) is 33.5. The summed E-state index contributed by atoms with van der Waals surface area (Å²) in [5.74, 6) is 1.04. The van der Waals surface area contributed by atoms with Crippen molar-refractivity contribution in [2.75, 3.05) is 33.3 Å². The molecule has 0 aromatic carbocycles. The molecule has 1 heterocycles. The van der Waals surface area contributed by atoms with E-state index >= 15 is 0 Å². The van der Waals surface area contributed by atoms with Gasteiger partial charge in [-0.05, 0) is 50.3 Å². The van der Waals surface area contributed by atoms with E-state index in [1.165, 1.54) is 32.1 Å². The zero-order chi connectivity index (χ0) is 24.2. The van der Waals surface area contributed by atoms with E-state index in [2.05, 4.69) is 36.1 Å². The number of thioether (sulfide) groups is 1. The van der Waals surface area contributed by atoms with Gasteiger partial charge in [-0.15, -0.1) is 0 Å². The van der Waals surface area contributed by atoms with Crippen LogP contribution < -0.4 is 10.6 Å². The molecule has 2 amide bonds. The Labute approximate surface area is 200 Å². The van der Waals surface area contributed by atoms with Gasteiger partial charge < -0.3 is 20.3 Å². The fourth-order valence-corrected chi connectivity index (χ4v) is 5.24. The largest absolute Gasteiger partial charge is 0.468 e. The Morgan fingerprint density at radius 2 is 1.72 bits per heavy atom. The smallest absolute Gasteiger partial charge is 0.293 e. The number of hydrogen-bond acceptors (Lipinski definition) is 6. The van der Waals surface area contributed by atoms with Crippen LogP contribution in [0, 0.1) is 5.92 Å². The molecule has 2 unspecified atom stereocenters. The molecule has 0 radical (unpaired) electrons. The van der Waals surface area contributed by atoms with Crippen LogP contribution in [0.5, 0.6) is 0 Å². The highest BCUT2D eigenvalue weighted by Gasteiger charge is 2.29. The van der Waals surface area contributed by atoms with E-state index in [1.807, 2.05) is 30.6 Å². The van der Waals surface area contributed by atoms with Crippen LogP contribution in [0.15, 0.2) is 0 Å². The first kappa shape index (κ1) is 30.7. The standard InChI is InChI=1S/C12H24N2OS.C8H15NO.C4H8O2/c1-9(2)16-10(3)11(13-4)12(15)14-7-5-6-8-14;10-7-9-6-8-4-2-1-3-5-8;1-2-3-6-4-5/h9-11,13H,5-8H2,1-4H3;7-8H,1-6H2,(H,9,10);4H,2-3H2,1H3. The van der Waals surface area contributed by atoms with E-state index in [-0.39, 0.29) is 11.9 Å². The molecule has 188 valence electrons. The average Bonchev–Trinajstić information content (AvgIpc) is 3.33. The van der Waals surface area contributed by atoms with Crippen molar-refractivity contribution in [1.29, 1.82) is 0 Å². The normalized spacial score (nSPS) is 17.9. The molecule has 1 saturated heterocycles. The van der Waals surface area contributed by atoms with Crippen LogP contribution in [0.25, 0.3) is 0 Å². The summed E-state index contributed by atoms with van der Waals surface area (Å²) in [5, 5.41) is 6.81. The number of likely N-dealkylation sites (tertiary alicyclic amines) is 1. The fourth-order valence-electron chi connectivity index (χ4n) is 3.97. The summed E-state index contributed by atoms with van der Waals surface area (Å²) in [6.45, 7) is 12.2. The van der Waals surface area contributed by atoms with Gasteiger partial charge in [-0.3, -0.25) is 14.4 Å². The minimum atomic E-state index is -0.0366. The molecule has 0 aromatic heterocycles. The van der Waals surface area contributed by atoms with Crippen LogP contribution in [-0.2, 0) is 19.1 Å². The number of rotatable bonds is 11. The molecule has 2 atom stereocenters. The summed E-state index contributed by atoms with van der Waals surface area (Å²) in [6, 6.07) is -0.0366. The van der Waals surface area contributed by atoms with Crippen LogP contribution in [0.1, 0.15) is 79.1 Å². The molecule has 1 aliphatic carbocycles. The molecule has 2 fully saturated rings. The van der Waals surface area contributed by atoms with Crippen LogP contribution in [-0.4, -0.2) is 73.5 Å². The van der Waals surface area contributed by atoms with Gasteiger partial charge in [0, 0.05) is 24.9 Å². The third-order valence-electron chi connectivity index (χ3n) is 5.56. The lowest BCUT2D eigenvalue weighted by Gasteiger charge is -2.28. The topological polar surface area (TPSA) is 87.7 Å². The number of hydrogen-bond donors (Lipinski definition) is 2. The number of amides is 2. The van der Waals surface area contributed by atoms with Gasteiger partial charge in [-0.1, -0.05) is 47.0 Å². The van der Waals surface area contributed by atoms with Crippen LogP contribution >= 0.6 is 11.8 Å². The lowest BCUT2D eigenvalue weighted by atomic mass is 9.89. The first-order valence-corrected chi connectivity index (χ1v) is 13.2. The Hall–Kier alpha value is -1.28. The van der Waals surface area contributed by atoms with Gasteiger partial charge >= 0.3 is 0 Å². The van der Waals surface area contributed by atoms with E-state index in [4.69, 9.17) is 0 Å². The van der Waals surface area contributed by atoms with E-state index in [1.54, 1.807) is 0 Å².